The molecule has 0 radical (unpaired) electrons. The van der Waals surface area contributed by atoms with E-state index in [-0.39, 0.29) is 0 Å². The standard InChI is InChI=1S/C12H11N3O/c13-9-3-4-10-7-14-12(15(10)8-9)6-11-2-1-5-16-11/h1-5,7-8H,6,13H2. The fourth-order valence-electron chi connectivity index (χ4n) is 1.76. The Labute approximate surface area is 92.3 Å². The molecule has 0 fully saturated rings. The molecule has 3 heterocycles. The van der Waals surface area contributed by atoms with Crippen molar-refractivity contribution in [3.63, 3.8) is 0 Å². The minimum Gasteiger partial charge on any atom is -0.469 e. The first-order valence-corrected chi connectivity index (χ1v) is 5.07. The van der Waals surface area contributed by atoms with E-state index in [2.05, 4.69) is 4.98 Å². The summed E-state index contributed by atoms with van der Waals surface area (Å²) in [6.07, 6.45) is 6.04. The van der Waals surface area contributed by atoms with E-state index in [0.29, 0.717) is 6.42 Å². The number of aromatic nitrogens is 2. The molecule has 0 aromatic carbocycles. The second-order valence-electron chi connectivity index (χ2n) is 3.69. The van der Waals surface area contributed by atoms with Gasteiger partial charge in [0.05, 0.1) is 24.4 Å². The van der Waals surface area contributed by atoms with Crippen LogP contribution in [-0.4, -0.2) is 9.38 Å². The molecule has 0 bridgehead atoms. The molecular formula is C12H11N3O. The molecule has 80 valence electrons. The lowest BCUT2D eigenvalue weighted by Gasteiger charge is -2.00. The van der Waals surface area contributed by atoms with Crippen LogP contribution in [0.3, 0.4) is 0 Å². The van der Waals surface area contributed by atoms with E-state index in [0.717, 1.165) is 22.8 Å². The number of pyridine rings is 1. The highest BCUT2D eigenvalue weighted by Gasteiger charge is 2.06. The monoisotopic (exact) mass is 213 g/mol. The second kappa shape index (κ2) is 3.41. The average molecular weight is 213 g/mol. The van der Waals surface area contributed by atoms with Gasteiger partial charge in [0.2, 0.25) is 0 Å². The van der Waals surface area contributed by atoms with Gasteiger partial charge in [-0.1, -0.05) is 0 Å². The normalized spacial score (nSPS) is 11.0. The lowest BCUT2D eigenvalue weighted by molar-refractivity contribution is 0.516. The zero-order valence-corrected chi connectivity index (χ0v) is 8.63. The molecule has 3 rings (SSSR count). The highest BCUT2D eigenvalue weighted by atomic mass is 16.3. The van der Waals surface area contributed by atoms with Gasteiger partial charge in [0, 0.05) is 11.9 Å². The molecule has 16 heavy (non-hydrogen) atoms. The number of hydrogen-bond donors (Lipinski definition) is 1. The van der Waals surface area contributed by atoms with E-state index in [4.69, 9.17) is 10.2 Å². The fourth-order valence-corrected chi connectivity index (χ4v) is 1.76. The molecule has 0 aliphatic rings. The van der Waals surface area contributed by atoms with E-state index >= 15 is 0 Å². The first kappa shape index (κ1) is 9.03. The van der Waals surface area contributed by atoms with Crippen LogP contribution in [0.25, 0.3) is 5.52 Å². The van der Waals surface area contributed by atoms with Crippen molar-refractivity contribution in [3.05, 3.63) is 54.5 Å². The van der Waals surface area contributed by atoms with Gasteiger partial charge in [-0.3, -0.25) is 0 Å². The number of fused-ring (bicyclic) bond motifs is 1. The zero-order valence-electron chi connectivity index (χ0n) is 8.63. The Morgan fingerprint density at radius 3 is 3.06 bits per heavy atom. The van der Waals surface area contributed by atoms with E-state index in [1.54, 1.807) is 6.26 Å². The van der Waals surface area contributed by atoms with Gasteiger partial charge in [0.25, 0.3) is 0 Å². The van der Waals surface area contributed by atoms with Crippen LogP contribution >= 0.6 is 0 Å². The van der Waals surface area contributed by atoms with Gasteiger partial charge in [0.15, 0.2) is 0 Å². The summed E-state index contributed by atoms with van der Waals surface area (Å²) in [7, 11) is 0. The SMILES string of the molecule is Nc1ccc2cnc(Cc3ccco3)n2c1. The Bertz CT molecular complexity index is 610. The molecule has 0 atom stereocenters. The minimum absolute atomic E-state index is 0.671. The molecule has 4 heteroatoms. The minimum atomic E-state index is 0.671. The number of nitrogens with zero attached hydrogens (tertiary/aromatic N) is 2. The van der Waals surface area contributed by atoms with Crippen molar-refractivity contribution in [2.75, 3.05) is 5.73 Å². The van der Waals surface area contributed by atoms with Crippen LogP contribution < -0.4 is 5.73 Å². The van der Waals surface area contributed by atoms with E-state index < -0.39 is 0 Å². The van der Waals surface area contributed by atoms with Gasteiger partial charge in [-0.2, -0.15) is 0 Å². The molecule has 3 aromatic rings. The third-order valence-electron chi connectivity index (χ3n) is 2.54. The maximum absolute atomic E-state index is 5.75. The molecule has 0 aliphatic carbocycles. The van der Waals surface area contributed by atoms with E-state index in [9.17, 15) is 0 Å². The molecule has 4 nitrogen and oxygen atoms in total. The topological polar surface area (TPSA) is 56.5 Å². The Hall–Kier alpha value is -2.23. The van der Waals surface area contributed by atoms with Crippen molar-refractivity contribution >= 4 is 11.2 Å². The van der Waals surface area contributed by atoms with E-state index in [1.807, 2.05) is 41.1 Å². The third kappa shape index (κ3) is 1.44. The predicted octanol–water partition coefficient (Wildman–Crippen LogP) is 2.10. The average Bonchev–Trinajstić information content (AvgIpc) is 2.90. The van der Waals surface area contributed by atoms with Crippen molar-refractivity contribution < 1.29 is 4.42 Å². The molecule has 0 unspecified atom stereocenters. The van der Waals surface area contributed by atoms with Gasteiger partial charge in [-0.15, -0.1) is 0 Å². The predicted molar refractivity (Wildman–Crippen MR) is 61.1 cm³/mol. The summed E-state index contributed by atoms with van der Waals surface area (Å²) in [5.74, 6) is 1.83. The Morgan fingerprint density at radius 1 is 1.31 bits per heavy atom. The van der Waals surface area contributed by atoms with Crippen LogP contribution in [-0.2, 0) is 6.42 Å². The maximum atomic E-state index is 5.75. The summed E-state index contributed by atoms with van der Waals surface area (Å²) >= 11 is 0. The van der Waals surface area contributed by atoms with Crippen molar-refractivity contribution in [3.8, 4) is 0 Å². The number of furan rings is 1. The Kier molecular flexibility index (Phi) is 1.93. The lowest BCUT2D eigenvalue weighted by atomic mass is 10.3. The summed E-state index contributed by atoms with van der Waals surface area (Å²) in [4.78, 5) is 4.36. The van der Waals surface area contributed by atoms with Gasteiger partial charge in [-0.05, 0) is 24.3 Å². The summed E-state index contributed by atoms with van der Waals surface area (Å²) in [6.45, 7) is 0. The van der Waals surface area contributed by atoms with Crippen LogP contribution in [0.4, 0.5) is 5.69 Å². The summed E-state index contributed by atoms with van der Waals surface area (Å²) in [5.41, 5.74) is 7.52. The molecule has 0 amide bonds. The quantitative estimate of drug-likeness (QED) is 0.709. The van der Waals surface area contributed by atoms with Crippen LogP contribution in [0.2, 0.25) is 0 Å². The van der Waals surface area contributed by atoms with Crippen LogP contribution in [0.5, 0.6) is 0 Å². The van der Waals surface area contributed by atoms with Crippen molar-refractivity contribution in [2.45, 2.75) is 6.42 Å². The molecule has 2 N–H and O–H groups in total. The van der Waals surface area contributed by atoms with E-state index in [1.165, 1.54) is 0 Å². The number of nitrogens with two attached hydrogens (primary N) is 1. The molecule has 0 spiro atoms. The van der Waals surface area contributed by atoms with Crippen molar-refractivity contribution in [1.82, 2.24) is 9.38 Å². The Morgan fingerprint density at radius 2 is 2.25 bits per heavy atom. The second-order valence-corrected chi connectivity index (χ2v) is 3.69. The fraction of sp³-hybridized carbons (Fsp3) is 0.0833. The first-order chi connectivity index (χ1) is 7.83. The van der Waals surface area contributed by atoms with Crippen LogP contribution in [0.15, 0.2) is 47.3 Å². The van der Waals surface area contributed by atoms with Crippen molar-refractivity contribution in [2.24, 2.45) is 0 Å². The Balaban J connectivity index is 2.07. The number of rotatable bonds is 2. The van der Waals surface area contributed by atoms with Crippen LogP contribution in [0.1, 0.15) is 11.6 Å². The highest BCUT2D eigenvalue weighted by molar-refractivity contribution is 5.52. The number of imidazole rings is 1. The smallest absolute Gasteiger partial charge is 0.120 e. The molecule has 0 aliphatic heterocycles. The van der Waals surface area contributed by atoms with Gasteiger partial charge < -0.3 is 14.6 Å². The van der Waals surface area contributed by atoms with Gasteiger partial charge >= 0.3 is 0 Å². The third-order valence-corrected chi connectivity index (χ3v) is 2.54. The summed E-state index contributed by atoms with van der Waals surface area (Å²) < 4.78 is 7.29. The van der Waals surface area contributed by atoms with Gasteiger partial charge in [0.1, 0.15) is 11.6 Å². The molecule has 3 aromatic heterocycles. The molecule has 0 saturated heterocycles. The number of anilines is 1. The largest absolute Gasteiger partial charge is 0.469 e. The number of nitrogen functional groups attached to an aromatic ring is 1. The van der Waals surface area contributed by atoms with Crippen molar-refractivity contribution in [1.29, 1.82) is 0 Å². The lowest BCUT2D eigenvalue weighted by Crippen LogP contribution is -1.97. The number of hydrogen-bond acceptors (Lipinski definition) is 3. The highest BCUT2D eigenvalue weighted by Crippen LogP contribution is 2.14. The molecule has 0 saturated carbocycles. The summed E-state index contributed by atoms with van der Waals surface area (Å²) in [5, 5.41) is 0. The summed E-state index contributed by atoms with van der Waals surface area (Å²) in [6, 6.07) is 7.63. The van der Waals surface area contributed by atoms with Crippen LogP contribution in [0, 0.1) is 0 Å². The van der Waals surface area contributed by atoms with Gasteiger partial charge in [-0.25, -0.2) is 4.98 Å². The first-order valence-electron chi connectivity index (χ1n) is 5.07. The maximum Gasteiger partial charge on any atom is 0.120 e. The zero-order chi connectivity index (χ0) is 11.0. The molecular weight excluding hydrogens is 202 g/mol.